The summed E-state index contributed by atoms with van der Waals surface area (Å²) in [5, 5.41) is 10.6. The molecule has 0 aromatic carbocycles. The second kappa shape index (κ2) is 6.92. The number of nitrogen functional groups attached to an aromatic ring is 1. The molecule has 1 saturated heterocycles. The smallest absolute Gasteiger partial charge is 0.235 e. The average molecular weight is 352 g/mol. The Balaban J connectivity index is 1.66. The van der Waals surface area contributed by atoms with Crippen LogP contribution in [0.4, 0.5) is 0 Å². The summed E-state index contributed by atoms with van der Waals surface area (Å²) in [7, 11) is 0. The third kappa shape index (κ3) is 3.53. The van der Waals surface area contributed by atoms with Gasteiger partial charge in [0, 0.05) is 13.1 Å². The van der Waals surface area contributed by atoms with Crippen molar-refractivity contribution in [1.29, 1.82) is 0 Å². The molecule has 1 amide bonds. The van der Waals surface area contributed by atoms with Crippen molar-refractivity contribution >= 4 is 29.0 Å². The van der Waals surface area contributed by atoms with Crippen molar-refractivity contribution in [2.45, 2.75) is 37.1 Å². The molecule has 6 nitrogen and oxygen atoms in total. The van der Waals surface area contributed by atoms with Crippen molar-refractivity contribution < 1.29 is 4.79 Å². The van der Waals surface area contributed by atoms with Crippen LogP contribution in [0.1, 0.15) is 26.7 Å². The van der Waals surface area contributed by atoms with E-state index in [4.69, 9.17) is 5.84 Å². The number of carbonyl (C=O) groups excluding carboxylic acids is 1. The first kappa shape index (κ1) is 16.3. The van der Waals surface area contributed by atoms with Gasteiger partial charge in [0.05, 0.1) is 10.1 Å². The van der Waals surface area contributed by atoms with Gasteiger partial charge in [0.1, 0.15) is 0 Å². The SMILES string of the molecule is CC1CCN(C(=O)C(C)Sc2nnc(-c3cccs3)n2N)CC1. The molecule has 1 fully saturated rings. The van der Waals surface area contributed by atoms with Crippen molar-refractivity contribution in [2.75, 3.05) is 18.9 Å². The van der Waals surface area contributed by atoms with Gasteiger partial charge in [-0.25, -0.2) is 4.68 Å². The van der Waals surface area contributed by atoms with Crippen molar-refractivity contribution in [3.8, 4) is 10.7 Å². The summed E-state index contributed by atoms with van der Waals surface area (Å²) < 4.78 is 1.47. The number of nitrogens with zero attached hydrogens (tertiary/aromatic N) is 4. The van der Waals surface area contributed by atoms with Gasteiger partial charge < -0.3 is 10.7 Å². The van der Waals surface area contributed by atoms with E-state index < -0.39 is 0 Å². The number of amides is 1. The average Bonchev–Trinajstić information content (AvgIpc) is 3.18. The molecule has 23 heavy (non-hydrogen) atoms. The molecule has 2 aromatic heterocycles. The minimum Gasteiger partial charge on any atom is -0.342 e. The minimum atomic E-state index is -0.217. The molecule has 1 unspecified atom stereocenters. The van der Waals surface area contributed by atoms with E-state index >= 15 is 0 Å². The summed E-state index contributed by atoms with van der Waals surface area (Å²) in [6, 6.07) is 3.90. The molecule has 124 valence electrons. The van der Waals surface area contributed by atoms with E-state index in [-0.39, 0.29) is 11.2 Å². The van der Waals surface area contributed by atoms with E-state index in [0.717, 1.165) is 30.8 Å². The molecule has 0 radical (unpaired) electrons. The predicted octanol–water partition coefficient (Wildman–Crippen LogP) is 2.46. The van der Waals surface area contributed by atoms with Crippen LogP contribution in [-0.2, 0) is 4.79 Å². The number of nitrogens with two attached hydrogens (primary N) is 1. The highest BCUT2D eigenvalue weighted by atomic mass is 32.2. The van der Waals surface area contributed by atoms with E-state index in [9.17, 15) is 4.79 Å². The molecule has 1 atom stereocenters. The van der Waals surface area contributed by atoms with Crippen LogP contribution < -0.4 is 5.84 Å². The highest BCUT2D eigenvalue weighted by Gasteiger charge is 2.26. The first-order valence-corrected chi connectivity index (χ1v) is 9.52. The molecule has 8 heteroatoms. The van der Waals surface area contributed by atoms with Gasteiger partial charge in [-0.15, -0.1) is 21.5 Å². The van der Waals surface area contributed by atoms with Crippen molar-refractivity contribution in [3.63, 3.8) is 0 Å². The first-order valence-electron chi connectivity index (χ1n) is 7.76. The normalized spacial score (nSPS) is 17.4. The Hall–Kier alpha value is -1.54. The van der Waals surface area contributed by atoms with Crippen LogP contribution >= 0.6 is 23.1 Å². The fourth-order valence-corrected chi connectivity index (χ4v) is 4.19. The van der Waals surface area contributed by atoms with E-state index in [1.54, 1.807) is 11.3 Å². The monoisotopic (exact) mass is 351 g/mol. The van der Waals surface area contributed by atoms with Crippen LogP contribution in [0.5, 0.6) is 0 Å². The number of carbonyl (C=O) groups is 1. The molecule has 1 aliphatic rings. The Kier molecular flexibility index (Phi) is 4.91. The molecule has 3 rings (SSSR count). The molecule has 2 N–H and O–H groups in total. The van der Waals surface area contributed by atoms with E-state index in [1.165, 1.54) is 16.4 Å². The lowest BCUT2D eigenvalue weighted by Crippen LogP contribution is -2.41. The first-order chi connectivity index (χ1) is 11.1. The zero-order valence-electron chi connectivity index (χ0n) is 13.3. The molecule has 0 saturated carbocycles. The van der Waals surface area contributed by atoms with Gasteiger partial charge in [-0.1, -0.05) is 24.8 Å². The van der Waals surface area contributed by atoms with Gasteiger partial charge >= 0.3 is 0 Å². The highest BCUT2D eigenvalue weighted by molar-refractivity contribution is 8.00. The van der Waals surface area contributed by atoms with Crippen molar-refractivity contribution in [1.82, 2.24) is 19.8 Å². The Labute approximate surface area is 144 Å². The number of hydrogen-bond acceptors (Lipinski definition) is 6. The third-order valence-electron chi connectivity index (χ3n) is 4.13. The number of rotatable bonds is 4. The summed E-state index contributed by atoms with van der Waals surface area (Å²) in [5.74, 6) is 7.59. The fraction of sp³-hybridized carbons (Fsp3) is 0.533. The topological polar surface area (TPSA) is 77.0 Å². The molecule has 0 bridgehead atoms. The van der Waals surface area contributed by atoms with Gasteiger partial charge in [-0.05, 0) is 37.1 Å². The quantitative estimate of drug-likeness (QED) is 0.676. The van der Waals surface area contributed by atoms with Crippen LogP contribution in [0.2, 0.25) is 0 Å². The molecule has 0 aliphatic carbocycles. The summed E-state index contributed by atoms with van der Waals surface area (Å²) in [4.78, 5) is 15.5. The lowest BCUT2D eigenvalue weighted by Gasteiger charge is -2.31. The van der Waals surface area contributed by atoms with E-state index in [2.05, 4.69) is 17.1 Å². The molecule has 1 aliphatic heterocycles. The molecular weight excluding hydrogens is 330 g/mol. The Morgan fingerprint density at radius 3 is 2.83 bits per heavy atom. The third-order valence-corrected chi connectivity index (χ3v) is 6.04. The Morgan fingerprint density at radius 2 is 2.17 bits per heavy atom. The Morgan fingerprint density at radius 1 is 1.43 bits per heavy atom. The second-order valence-electron chi connectivity index (χ2n) is 5.92. The van der Waals surface area contributed by atoms with E-state index in [1.807, 2.05) is 29.3 Å². The van der Waals surface area contributed by atoms with Crippen LogP contribution in [0, 0.1) is 5.92 Å². The summed E-state index contributed by atoms with van der Waals surface area (Å²) in [6.45, 7) is 5.84. The summed E-state index contributed by atoms with van der Waals surface area (Å²) >= 11 is 2.93. The highest BCUT2D eigenvalue weighted by Crippen LogP contribution is 2.28. The Bertz CT molecular complexity index is 661. The molecule has 0 spiro atoms. The van der Waals surface area contributed by atoms with Crippen LogP contribution in [0.3, 0.4) is 0 Å². The lowest BCUT2D eigenvalue weighted by atomic mass is 9.99. The van der Waals surface area contributed by atoms with Crippen molar-refractivity contribution in [3.05, 3.63) is 17.5 Å². The number of thiophene rings is 1. The fourth-order valence-electron chi connectivity index (χ4n) is 2.63. The number of thioether (sulfide) groups is 1. The maximum absolute atomic E-state index is 12.6. The van der Waals surface area contributed by atoms with Gasteiger partial charge in [0.15, 0.2) is 5.82 Å². The number of aromatic nitrogens is 3. The van der Waals surface area contributed by atoms with Gasteiger partial charge in [0.25, 0.3) is 0 Å². The number of piperidine rings is 1. The zero-order valence-corrected chi connectivity index (χ0v) is 14.9. The molecule has 2 aromatic rings. The second-order valence-corrected chi connectivity index (χ2v) is 8.18. The van der Waals surface area contributed by atoms with Crippen LogP contribution in [-0.4, -0.2) is 44.0 Å². The standard InChI is InChI=1S/C15H21N5OS2/c1-10-5-7-19(8-6-10)14(21)11(2)23-15-18-17-13(20(15)16)12-4-3-9-22-12/h3-4,9-11H,5-8,16H2,1-2H3. The maximum atomic E-state index is 12.6. The van der Waals surface area contributed by atoms with Gasteiger partial charge in [-0.2, -0.15) is 0 Å². The van der Waals surface area contributed by atoms with Crippen molar-refractivity contribution in [2.24, 2.45) is 5.92 Å². The largest absolute Gasteiger partial charge is 0.342 e. The summed E-state index contributed by atoms with van der Waals surface area (Å²) in [6.07, 6.45) is 2.16. The lowest BCUT2D eigenvalue weighted by molar-refractivity contribution is -0.131. The van der Waals surface area contributed by atoms with Crippen LogP contribution in [0.25, 0.3) is 10.7 Å². The number of hydrogen-bond donors (Lipinski definition) is 1. The maximum Gasteiger partial charge on any atom is 0.235 e. The zero-order chi connectivity index (χ0) is 16.4. The minimum absolute atomic E-state index is 0.155. The number of likely N-dealkylation sites (tertiary alicyclic amines) is 1. The van der Waals surface area contributed by atoms with Gasteiger partial charge in [-0.3, -0.25) is 4.79 Å². The summed E-state index contributed by atoms with van der Waals surface area (Å²) in [5.41, 5.74) is 0. The molecule has 3 heterocycles. The van der Waals surface area contributed by atoms with E-state index in [0.29, 0.717) is 16.9 Å². The molecular formula is C15H21N5OS2. The predicted molar refractivity (Wildman–Crippen MR) is 93.8 cm³/mol. The van der Waals surface area contributed by atoms with Crippen LogP contribution in [0.15, 0.2) is 22.7 Å². The van der Waals surface area contributed by atoms with Gasteiger partial charge in [0.2, 0.25) is 11.1 Å².